The van der Waals surface area contributed by atoms with E-state index in [1.165, 1.54) is 6.07 Å². The van der Waals surface area contributed by atoms with Crippen LogP contribution in [-0.2, 0) is 5.41 Å². The molecule has 98 valence electrons. The molecule has 0 aliphatic heterocycles. The summed E-state index contributed by atoms with van der Waals surface area (Å²) in [6.45, 7) is 2.82. The van der Waals surface area contributed by atoms with Gasteiger partial charge >= 0.3 is 0 Å². The van der Waals surface area contributed by atoms with Crippen LogP contribution in [0.25, 0.3) is 0 Å². The molecule has 0 unspecified atom stereocenters. The average molecular weight is 256 g/mol. The molecule has 1 aliphatic rings. The van der Waals surface area contributed by atoms with Crippen molar-refractivity contribution in [3.05, 3.63) is 59.7 Å². The van der Waals surface area contributed by atoms with Crippen LogP contribution in [0.5, 0.6) is 0 Å². The number of nitrogens with zero attached hydrogens (tertiary/aromatic N) is 1. The molecule has 0 bridgehead atoms. The summed E-state index contributed by atoms with van der Waals surface area (Å²) in [6, 6.07) is 11.0. The molecule has 2 nitrogen and oxygen atoms in total. The van der Waals surface area contributed by atoms with Gasteiger partial charge in [0.05, 0.1) is 0 Å². The van der Waals surface area contributed by atoms with Gasteiger partial charge < -0.3 is 5.32 Å². The molecule has 1 aromatic carbocycles. The molecule has 3 heteroatoms. The largest absolute Gasteiger partial charge is 0.384 e. The zero-order valence-electron chi connectivity index (χ0n) is 11.0. The first-order chi connectivity index (χ1) is 9.18. The molecular formula is C16H17FN2. The van der Waals surface area contributed by atoms with E-state index in [-0.39, 0.29) is 11.2 Å². The maximum absolute atomic E-state index is 13.3. The highest BCUT2D eigenvalue weighted by Gasteiger charge is 2.44. The summed E-state index contributed by atoms with van der Waals surface area (Å²) in [7, 11) is 0. The number of aryl methyl sites for hydroxylation is 1. The van der Waals surface area contributed by atoms with Gasteiger partial charge in [0.1, 0.15) is 5.82 Å². The van der Waals surface area contributed by atoms with Crippen molar-refractivity contribution >= 4 is 5.69 Å². The third kappa shape index (κ3) is 2.60. The highest BCUT2D eigenvalue weighted by molar-refractivity contribution is 5.45. The number of pyridine rings is 1. The van der Waals surface area contributed by atoms with Crippen LogP contribution < -0.4 is 5.32 Å². The molecule has 19 heavy (non-hydrogen) atoms. The van der Waals surface area contributed by atoms with E-state index in [0.717, 1.165) is 36.3 Å². The molecule has 0 atom stereocenters. The van der Waals surface area contributed by atoms with Crippen molar-refractivity contribution in [3.8, 4) is 0 Å². The summed E-state index contributed by atoms with van der Waals surface area (Å²) in [4.78, 5) is 4.18. The predicted octanol–water partition coefficient (Wildman–Crippen LogP) is 3.67. The average Bonchev–Trinajstić information content (AvgIpc) is 3.18. The van der Waals surface area contributed by atoms with Gasteiger partial charge in [-0.3, -0.25) is 4.98 Å². The Morgan fingerprint density at radius 1 is 1.26 bits per heavy atom. The minimum atomic E-state index is -0.150. The number of halogens is 1. The second kappa shape index (κ2) is 4.65. The fraction of sp³-hybridized carbons (Fsp3) is 0.312. The number of hydrogen-bond donors (Lipinski definition) is 1. The molecule has 0 radical (unpaired) electrons. The van der Waals surface area contributed by atoms with Crippen LogP contribution in [0, 0.1) is 12.7 Å². The molecule has 1 N–H and O–H groups in total. The van der Waals surface area contributed by atoms with E-state index >= 15 is 0 Å². The second-order valence-electron chi connectivity index (χ2n) is 5.33. The standard InChI is InChI=1S/C16H17FN2/c1-12-9-15(5-8-18-12)19-11-16(6-7-16)13-3-2-4-14(17)10-13/h2-5,8-10H,6-7,11H2,1H3,(H,18,19). The zero-order valence-corrected chi connectivity index (χ0v) is 11.0. The van der Waals surface area contributed by atoms with Crippen molar-refractivity contribution in [2.45, 2.75) is 25.2 Å². The molecule has 1 saturated carbocycles. The van der Waals surface area contributed by atoms with Gasteiger partial charge in [0.15, 0.2) is 0 Å². The number of rotatable bonds is 4. The van der Waals surface area contributed by atoms with Crippen molar-refractivity contribution in [2.24, 2.45) is 0 Å². The first-order valence-electron chi connectivity index (χ1n) is 6.61. The molecule has 1 heterocycles. The summed E-state index contributed by atoms with van der Waals surface area (Å²) in [5.74, 6) is -0.150. The van der Waals surface area contributed by atoms with E-state index in [1.807, 2.05) is 25.1 Å². The van der Waals surface area contributed by atoms with Gasteiger partial charge in [0.2, 0.25) is 0 Å². The Bertz CT molecular complexity index is 591. The minimum absolute atomic E-state index is 0.110. The highest BCUT2D eigenvalue weighted by Crippen LogP contribution is 2.48. The van der Waals surface area contributed by atoms with Gasteiger partial charge in [-0.25, -0.2) is 4.39 Å². The Morgan fingerprint density at radius 2 is 2.11 bits per heavy atom. The summed E-state index contributed by atoms with van der Waals surface area (Å²) in [6.07, 6.45) is 4.04. The molecule has 1 aliphatic carbocycles. The number of hydrogen-bond acceptors (Lipinski definition) is 2. The Kier molecular flexibility index (Phi) is 2.97. The summed E-state index contributed by atoms with van der Waals surface area (Å²) in [5, 5.41) is 3.44. The number of benzene rings is 1. The van der Waals surface area contributed by atoms with Crippen molar-refractivity contribution < 1.29 is 4.39 Å². The van der Waals surface area contributed by atoms with E-state index in [2.05, 4.69) is 10.3 Å². The van der Waals surface area contributed by atoms with E-state index in [1.54, 1.807) is 18.3 Å². The lowest BCUT2D eigenvalue weighted by Crippen LogP contribution is -2.19. The Labute approximate surface area is 112 Å². The number of anilines is 1. The van der Waals surface area contributed by atoms with Crippen LogP contribution in [-0.4, -0.2) is 11.5 Å². The Balaban J connectivity index is 1.73. The van der Waals surface area contributed by atoms with Crippen molar-refractivity contribution in [1.29, 1.82) is 0 Å². The van der Waals surface area contributed by atoms with Crippen LogP contribution >= 0.6 is 0 Å². The van der Waals surface area contributed by atoms with Crippen molar-refractivity contribution in [3.63, 3.8) is 0 Å². The molecular weight excluding hydrogens is 239 g/mol. The molecule has 1 fully saturated rings. The van der Waals surface area contributed by atoms with Crippen LogP contribution in [0.1, 0.15) is 24.1 Å². The van der Waals surface area contributed by atoms with E-state index < -0.39 is 0 Å². The lowest BCUT2D eigenvalue weighted by molar-refractivity contribution is 0.618. The fourth-order valence-electron chi connectivity index (χ4n) is 2.46. The van der Waals surface area contributed by atoms with Gasteiger partial charge in [-0.2, -0.15) is 0 Å². The summed E-state index contributed by atoms with van der Waals surface area (Å²) in [5.41, 5.74) is 3.29. The molecule has 0 spiro atoms. The fourth-order valence-corrected chi connectivity index (χ4v) is 2.46. The summed E-state index contributed by atoms with van der Waals surface area (Å²) >= 11 is 0. The normalized spacial score (nSPS) is 16.1. The lowest BCUT2D eigenvalue weighted by atomic mass is 9.96. The predicted molar refractivity (Wildman–Crippen MR) is 74.8 cm³/mol. The second-order valence-corrected chi connectivity index (χ2v) is 5.33. The van der Waals surface area contributed by atoms with Crippen LogP contribution in [0.15, 0.2) is 42.6 Å². The zero-order chi connectivity index (χ0) is 13.3. The highest BCUT2D eigenvalue weighted by atomic mass is 19.1. The maximum atomic E-state index is 13.3. The molecule has 3 rings (SSSR count). The first kappa shape index (κ1) is 12.2. The quantitative estimate of drug-likeness (QED) is 0.902. The van der Waals surface area contributed by atoms with Gasteiger partial charge in [-0.05, 0) is 49.6 Å². The van der Waals surface area contributed by atoms with E-state index in [0.29, 0.717) is 0 Å². The maximum Gasteiger partial charge on any atom is 0.123 e. The Hall–Kier alpha value is -1.90. The molecule has 0 amide bonds. The first-order valence-corrected chi connectivity index (χ1v) is 6.61. The number of aromatic nitrogens is 1. The van der Waals surface area contributed by atoms with E-state index in [9.17, 15) is 4.39 Å². The van der Waals surface area contributed by atoms with Crippen LogP contribution in [0.4, 0.5) is 10.1 Å². The van der Waals surface area contributed by atoms with Gasteiger partial charge in [0, 0.05) is 29.5 Å². The summed E-state index contributed by atoms with van der Waals surface area (Å²) < 4.78 is 13.3. The van der Waals surface area contributed by atoms with Gasteiger partial charge in [0.25, 0.3) is 0 Å². The lowest BCUT2D eigenvalue weighted by Gasteiger charge is -2.17. The Morgan fingerprint density at radius 3 is 2.79 bits per heavy atom. The van der Waals surface area contributed by atoms with Crippen LogP contribution in [0.3, 0.4) is 0 Å². The number of nitrogens with one attached hydrogen (secondary N) is 1. The van der Waals surface area contributed by atoms with E-state index in [4.69, 9.17) is 0 Å². The molecule has 2 aromatic rings. The third-order valence-corrected chi connectivity index (χ3v) is 3.82. The van der Waals surface area contributed by atoms with Crippen molar-refractivity contribution in [2.75, 3.05) is 11.9 Å². The smallest absolute Gasteiger partial charge is 0.123 e. The van der Waals surface area contributed by atoms with Crippen molar-refractivity contribution in [1.82, 2.24) is 4.98 Å². The SMILES string of the molecule is Cc1cc(NCC2(c3cccc(F)c3)CC2)ccn1. The molecule has 0 saturated heterocycles. The monoisotopic (exact) mass is 256 g/mol. The molecule has 1 aromatic heterocycles. The topological polar surface area (TPSA) is 24.9 Å². The van der Waals surface area contributed by atoms with Gasteiger partial charge in [-0.15, -0.1) is 0 Å². The minimum Gasteiger partial charge on any atom is -0.384 e. The van der Waals surface area contributed by atoms with Gasteiger partial charge in [-0.1, -0.05) is 12.1 Å². The van der Waals surface area contributed by atoms with Crippen LogP contribution in [0.2, 0.25) is 0 Å². The third-order valence-electron chi connectivity index (χ3n) is 3.82.